The first-order chi connectivity index (χ1) is 14.4. The molecule has 0 bridgehead atoms. The molecule has 1 aliphatic rings. The second-order valence-corrected chi connectivity index (χ2v) is 9.25. The summed E-state index contributed by atoms with van der Waals surface area (Å²) in [4.78, 5) is 29.1. The highest BCUT2D eigenvalue weighted by molar-refractivity contribution is 7.17. The van der Waals surface area contributed by atoms with E-state index in [4.69, 9.17) is 0 Å². The highest BCUT2D eigenvalue weighted by Crippen LogP contribution is 2.34. The van der Waals surface area contributed by atoms with Crippen LogP contribution in [0, 0.1) is 12.8 Å². The van der Waals surface area contributed by atoms with E-state index in [1.807, 2.05) is 57.4 Å². The van der Waals surface area contributed by atoms with E-state index in [9.17, 15) is 9.59 Å². The van der Waals surface area contributed by atoms with Crippen LogP contribution in [0.2, 0.25) is 0 Å². The number of rotatable bonds is 7. The lowest BCUT2D eigenvalue weighted by Gasteiger charge is -2.13. The summed E-state index contributed by atoms with van der Waals surface area (Å²) in [6.07, 6.45) is 2.91. The predicted molar refractivity (Wildman–Crippen MR) is 125 cm³/mol. The Morgan fingerprint density at radius 1 is 1.07 bits per heavy atom. The lowest BCUT2D eigenvalue weighted by Crippen LogP contribution is -2.12. The van der Waals surface area contributed by atoms with E-state index in [2.05, 4.69) is 28.4 Å². The Kier molecular flexibility index (Phi) is 5.73. The van der Waals surface area contributed by atoms with Crippen LogP contribution in [0.5, 0.6) is 0 Å². The molecule has 4 rings (SSSR count). The number of aryl methyl sites for hydroxylation is 1. The number of amides is 1. The molecule has 2 aromatic carbocycles. The number of anilines is 2. The molecule has 1 heterocycles. The van der Waals surface area contributed by atoms with E-state index in [1.54, 1.807) is 0 Å². The van der Waals surface area contributed by atoms with E-state index in [0.717, 1.165) is 34.5 Å². The number of thiophene rings is 1. The van der Waals surface area contributed by atoms with Crippen LogP contribution >= 0.6 is 11.3 Å². The van der Waals surface area contributed by atoms with Crippen molar-refractivity contribution in [3.8, 4) is 10.4 Å². The number of nitrogens with zero attached hydrogens (tertiary/aromatic N) is 1. The van der Waals surface area contributed by atoms with Crippen molar-refractivity contribution in [2.24, 2.45) is 5.92 Å². The maximum Gasteiger partial charge on any atom is 0.265 e. The first-order valence-electron chi connectivity index (χ1n) is 10.2. The number of hydrogen-bond acceptors (Lipinski definition) is 4. The van der Waals surface area contributed by atoms with Crippen molar-refractivity contribution in [1.29, 1.82) is 0 Å². The summed E-state index contributed by atoms with van der Waals surface area (Å²) in [5, 5.41) is 3.00. The van der Waals surface area contributed by atoms with Gasteiger partial charge < -0.3 is 10.2 Å². The van der Waals surface area contributed by atoms with Crippen LogP contribution in [0.1, 0.15) is 44.9 Å². The van der Waals surface area contributed by atoms with E-state index >= 15 is 0 Å². The molecule has 0 saturated heterocycles. The normalized spacial score (nSPS) is 13.2. The minimum atomic E-state index is -0.148. The van der Waals surface area contributed by atoms with Crippen LogP contribution in [0.4, 0.5) is 11.4 Å². The average molecular weight is 419 g/mol. The van der Waals surface area contributed by atoms with Crippen molar-refractivity contribution in [3.63, 3.8) is 0 Å². The zero-order chi connectivity index (χ0) is 21.3. The van der Waals surface area contributed by atoms with Crippen LogP contribution in [0.3, 0.4) is 0 Å². The van der Waals surface area contributed by atoms with Crippen LogP contribution in [-0.4, -0.2) is 25.8 Å². The number of ketones is 1. The maximum absolute atomic E-state index is 12.9. The SMILES string of the molecule is Cc1ccc(C(=O)CC2CC2)cc1NC(=O)c1ccc(-c2cccc(N(C)C)c2)s1. The van der Waals surface area contributed by atoms with Gasteiger partial charge in [0.1, 0.15) is 0 Å². The molecular weight excluding hydrogens is 392 g/mol. The monoisotopic (exact) mass is 418 g/mol. The molecule has 0 aliphatic heterocycles. The van der Waals surface area contributed by atoms with Gasteiger partial charge in [0.15, 0.2) is 5.78 Å². The molecule has 1 aromatic heterocycles. The molecular formula is C25H26N2O2S. The fourth-order valence-electron chi connectivity index (χ4n) is 3.37. The second-order valence-electron chi connectivity index (χ2n) is 8.16. The number of carbonyl (C=O) groups excluding carboxylic acids is 2. The maximum atomic E-state index is 12.9. The number of carbonyl (C=O) groups is 2. The molecule has 1 fully saturated rings. The van der Waals surface area contributed by atoms with Gasteiger partial charge in [-0.1, -0.05) is 24.3 Å². The van der Waals surface area contributed by atoms with Crippen molar-refractivity contribution >= 4 is 34.4 Å². The summed E-state index contributed by atoms with van der Waals surface area (Å²) in [5.74, 6) is 0.560. The average Bonchev–Trinajstić information content (AvgIpc) is 3.40. The molecule has 5 heteroatoms. The summed E-state index contributed by atoms with van der Waals surface area (Å²) in [5.41, 5.74) is 4.53. The van der Waals surface area contributed by atoms with Crippen molar-refractivity contribution in [2.45, 2.75) is 26.2 Å². The van der Waals surface area contributed by atoms with Crippen LogP contribution < -0.4 is 10.2 Å². The minimum Gasteiger partial charge on any atom is -0.378 e. The van der Waals surface area contributed by atoms with E-state index in [1.165, 1.54) is 11.3 Å². The van der Waals surface area contributed by atoms with Gasteiger partial charge in [-0.25, -0.2) is 0 Å². The summed E-state index contributed by atoms with van der Waals surface area (Å²) < 4.78 is 0. The third-order valence-electron chi connectivity index (χ3n) is 5.46. The predicted octanol–water partition coefficient (Wildman–Crippen LogP) is 6.02. The van der Waals surface area contributed by atoms with Gasteiger partial charge in [-0.2, -0.15) is 0 Å². The molecule has 0 unspecified atom stereocenters. The van der Waals surface area contributed by atoms with Crippen LogP contribution in [-0.2, 0) is 0 Å². The lowest BCUT2D eigenvalue weighted by molar-refractivity contribution is 0.0974. The quantitative estimate of drug-likeness (QED) is 0.477. The first kappa shape index (κ1) is 20.4. The van der Waals surface area contributed by atoms with Crippen molar-refractivity contribution in [2.75, 3.05) is 24.3 Å². The second kappa shape index (κ2) is 8.44. The van der Waals surface area contributed by atoms with Gasteiger partial charge >= 0.3 is 0 Å². The number of Topliss-reactive ketones (excluding diaryl/α,β-unsaturated/α-hetero) is 1. The minimum absolute atomic E-state index is 0.148. The van der Waals surface area contributed by atoms with Crippen molar-refractivity contribution in [3.05, 3.63) is 70.6 Å². The molecule has 1 saturated carbocycles. The van der Waals surface area contributed by atoms with Crippen LogP contribution in [0.15, 0.2) is 54.6 Å². The fourth-order valence-corrected chi connectivity index (χ4v) is 4.27. The van der Waals surface area contributed by atoms with Gasteiger partial charge in [0, 0.05) is 42.3 Å². The largest absolute Gasteiger partial charge is 0.378 e. The zero-order valence-electron chi connectivity index (χ0n) is 17.6. The van der Waals surface area contributed by atoms with E-state index in [-0.39, 0.29) is 11.7 Å². The number of nitrogens with one attached hydrogen (secondary N) is 1. The Labute approximate surface area is 181 Å². The topological polar surface area (TPSA) is 49.4 Å². The fraction of sp³-hybridized carbons (Fsp3) is 0.280. The van der Waals surface area contributed by atoms with Gasteiger partial charge in [-0.3, -0.25) is 9.59 Å². The smallest absolute Gasteiger partial charge is 0.265 e. The highest BCUT2D eigenvalue weighted by atomic mass is 32.1. The molecule has 1 aliphatic carbocycles. The molecule has 4 nitrogen and oxygen atoms in total. The van der Waals surface area contributed by atoms with Crippen molar-refractivity contribution in [1.82, 2.24) is 0 Å². The Morgan fingerprint density at radius 2 is 1.87 bits per heavy atom. The van der Waals surface area contributed by atoms with E-state index < -0.39 is 0 Å². The Hall–Kier alpha value is -2.92. The van der Waals surface area contributed by atoms with Crippen molar-refractivity contribution < 1.29 is 9.59 Å². The zero-order valence-corrected chi connectivity index (χ0v) is 18.4. The van der Waals surface area contributed by atoms with Gasteiger partial charge in [0.2, 0.25) is 0 Å². The molecule has 0 spiro atoms. The van der Waals surface area contributed by atoms with Crippen LogP contribution in [0.25, 0.3) is 10.4 Å². The molecule has 154 valence electrons. The third-order valence-corrected chi connectivity index (χ3v) is 6.59. The summed E-state index contributed by atoms with van der Waals surface area (Å²) in [6.45, 7) is 1.94. The van der Waals surface area contributed by atoms with E-state index in [0.29, 0.717) is 28.5 Å². The highest BCUT2D eigenvalue weighted by Gasteiger charge is 2.25. The standard InChI is InChI=1S/C25H26N2O2S/c1-16-7-10-18(22(28)13-17-8-9-17)15-21(16)26-25(29)24-12-11-23(30-24)19-5-4-6-20(14-19)27(2)3/h4-7,10-12,14-15,17H,8-9,13H2,1-3H3,(H,26,29). The molecule has 1 amide bonds. The Bertz CT molecular complexity index is 1100. The summed E-state index contributed by atoms with van der Waals surface area (Å²) >= 11 is 1.47. The van der Waals surface area contributed by atoms with Gasteiger partial charge in [-0.15, -0.1) is 11.3 Å². The number of hydrogen-bond donors (Lipinski definition) is 1. The summed E-state index contributed by atoms with van der Waals surface area (Å²) in [6, 6.07) is 17.7. The van der Waals surface area contributed by atoms with Gasteiger partial charge in [-0.05, 0) is 67.1 Å². The molecule has 3 aromatic rings. The molecule has 30 heavy (non-hydrogen) atoms. The lowest BCUT2D eigenvalue weighted by atomic mass is 10.0. The Balaban J connectivity index is 1.51. The molecule has 0 atom stereocenters. The molecule has 1 N–H and O–H groups in total. The van der Waals surface area contributed by atoms with Gasteiger partial charge in [0.25, 0.3) is 5.91 Å². The number of benzene rings is 2. The molecule has 0 radical (unpaired) electrons. The van der Waals surface area contributed by atoms with Gasteiger partial charge in [0.05, 0.1) is 4.88 Å². The first-order valence-corrected chi connectivity index (χ1v) is 11.0. The third kappa shape index (κ3) is 4.62. The Morgan fingerprint density at radius 3 is 2.60 bits per heavy atom. The summed E-state index contributed by atoms with van der Waals surface area (Å²) in [7, 11) is 4.02.